The third-order valence-corrected chi connectivity index (χ3v) is 4.50. The summed E-state index contributed by atoms with van der Waals surface area (Å²) in [5, 5.41) is 3.98. The Morgan fingerprint density at radius 1 is 1.31 bits per heavy atom. The average molecular weight is 327 g/mol. The molecule has 0 aromatic heterocycles. The van der Waals surface area contributed by atoms with E-state index in [2.05, 4.69) is 17.5 Å². The summed E-state index contributed by atoms with van der Waals surface area (Å²) in [6.45, 7) is 3.38. The lowest BCUT2D eigenvalue weighted by Gasteiger charge is -2.31. The summed E-state index contributed by atoms with van der Waals surface area (Å²) in [5.41, 5.74) is 2.78. The van der Waals surface area contributed by atoms with Crippen LogP contribution in [0, 0.1) is 0 Å². The van der Waals surface area contributed by atoms with Crippen LogP contribution in [0.5, 0.6) is 0 Å². The van der Waals surface area contributed by atoms with Crippen molar-refractivity contribution >= 4 is 63.8 Å². The highest BCUT2D eigenvalue weighted by atomic mass is 35.6. The highest BCUT2D eigenvalue weighted by Crippen LogP contribution is 2.47. The molecule has 0 radical (unpaired) electrons. The summed E-state index contributed by atoms with van der Waals surface area (Å²) >= 11 is 29.3. The SMILES string of the molecule is CCCCN1CNN=C1C(Cl)(Cl)C(Cl)(Cl)Cl. The zero-order chi connectivity index (χ0) is 12.4. The van der Waals surface area contributed by atoms with E-state index in [-0.39, 0.29) is 0 Å². The van der Waals surface area contributed by atoms with Crippen LogP contribution in [0.25, 0.3) is 0 Å². The van der Waals surface area contributed by atoms with Gasteiger partial charge in [-0.05, 0) is 6.42 Å². The lowest BCUT2D eigenvalue weighted by molar-refractivity contribution is 0.407. The first-order chi connectivity index (χ1) is 7.30. The molecule has 1 N–H and O–H groups in total. The summed E-state index contributed by atoms with van der Waals surface area (Å²) in [6.07, 6.45) is 2.04. The number of hydrogen-bond donors (Lipinski definition) is 1. The maximum atomic E-state index is 6.05. The quantitative estimate of drug-likeness (QED) is 0.800. The number of nitrogens with zero attached hydrogens (tertiary/aromatic N) is 2. The first kappa shape index (κ1) is 14.8. The standard InChI is InChI=1S/C8H12Cl5N3/c1-2-3-4-16-5-14-15-6(16)7(9,10)8(11,12)13/h14H,2-5H2,1H3. The molecule has 0 atom stereocenters. The highest BCUT2D eigenvalue weighted by Gasteiger charge is 2.53. The molecule has 1 heterocycles. The molecule has 1 aliphatic heterocycles. The number of amidine groups is 1. The number of alkyl halides is 5. The average Bonchev–Trinajstić information content (AvgIpc) is 2.61. The molecule has 0 aromatic rings. The Bertz CT molecular complexity index is 273. The Morgan fingerprint density at radius 2 is 1.94 bits per heavy atom. The first-order valence-corrected chi connectivity index (χ1v) is 6.70. The molecule has 0 aliphatic carbocycles. The molecule has 16 heavy (non-hydrogen) atoms. The highest BCUT2D eigenvalue weighted by molar-refractivity contribution is 6.79. The van der Waals surface area contributed by atoms with E-state index in [1.165, 1.54) is 0 Å². The summed E-state index contributed by atoms with van der Waals surface area (Å²) in [4.78, 5) is 1.87. The second-order valence-corrected chi connectivity index (χ2v) is 7.05. The predicted molar refractivity (Wildman–Crippen MR) is 71.8 cm³/mol. The number of hydrogen-bond acceptors (Lipinski definition) is 3. The van der Waals surface area contributed by atoms with Crippen LogP contribution in [0.1, 0.15) is 19.8 Å². The van der Waals surface area contributed by atoms with Crippen LogP contribution in [-0.4, -0.2) is 32.1 Å². The molecular formula is C8H12Cl5N3. The van der Waals surface area contributed by atoms with Crippen molar-refractivity contribution in [1.29, 1.82) is 0 Å². The monoisotopic (exact) mass is 325 g/mol. The molecule has 0 bridgehead atoms. The van der Waals surface area contributed by atoms with Crippen molar-refractivity contribution in [3.8, 4) is 0 Å². The molecule has 1 aliphatic rings. The van der Waals surface area contributed by atoms with Crippen molar-refractivity contribution in [3.63, 3.8) is 0 Å². The first-order valence-electron chi connectivity index (χ1n) is 4.81. The second kappa shape index (κ2) is 5.57. The van der Waals surface area contributed by atoms with Crippen molar-refractivity contribution < 1.29 is 0 Å². The summed E-state index contributed by atoms with van der Waals surface area (Å²) in [7, 11) is 0. The third kappa shape index (κ3) is 3.14. The predicted octanol–water partition coefficient (Wildman–Crippen LogP) is 3.51. The van der Waals surface area contributed by atoms with Crippen LogP contribution in [0.3, 0.4) is 0 Å². The molecule has 0 saturated carbocycles. The molecule has 8 heteroatoms. The van der Waals surface area contributed by atoms with Gasteiger partial charge in [0.05, 0.1) is 0 Å². The van der Waals surface area contributed by atoms with Gasteiger partial charge < -0.3 is 4.90 Å². The lowest BCUT2D eigenvalue weighted by Crippen LogP contribution is -2.47. The molecule has 0 fully saturated rings. The smallest absolute Gasteiger partial charge is 0.230 e. The number of nitrogens with one attached hydrogen (secondary N) is 1. The van der Waals surface area contributed by atoms with Gasteiger partial charge in [-0.3, -0.25) is 5.43 Å². The van der Waals surface area contributed by atoms with Gasteiger partial charge in [-0.2, -0.15) is 5.10 Å². The third-order valence-electron chi connectivity index (χ3n) is 2.16. The maximum Gasteiger partial charge on any atom is 0.230 e. The van der Waals surface area contributed by atoms with Crippen LogP contribution >= 0.6 is 58.0 Å². The summed E-state index contributed by atoms with van der Waals surface area (Å²) in [5.74, 6) is 0.351. The van der Waals surface area contributed by atoms with Gasteiger partial charge in [0.15, 0.2) is 5.84 Å². The minimum atomic E-state index is -1.83. The number of rotatable bonds is 4. The van der Waals surface area contributed by atoms with E-state index in [4.69, 9.17) is 58.0 Å². The Labute approximate surface area is 120 Å². The van der Waals surface area contributed by atoms with E-state index in [1.54, 1.807) is 0 Å². The van der Waals surface area contributed by atoms with Gasteiger partial charge in [-0.25, -0.2) is 0 Å². The van der Waals surface area contributed by atoms with Crippen molar-refractivity contribution in [2.45, 2.75) is 27.9 Å². The van der Waals surface area contributed by atoms with Gasteiger partial charge in [0.2, 0.25) is 8.13 Å². The van der Waals surface area contributed by atoms with E-state index in [0.29, 0.717) is 12.5 Å². The molecule has 0 saturated heterocycles. The van der Waals surface area contributed by atoms with Crippen molar-refractivity contribution in [3.05, 3.63) is 0 Å². The van der Waals surface area contributed by atoms with E-state index >= 15 is 0 Å². The van der Waals surface area contributed by atoms with E-state index < -0.39 is 8.13 Å². The normalized spacial score (nSPS) is 17.4. The van der Waals surface area contributed by atoms with Gasteiger partial charge in [0, 0.05) is 6.54 Å². The minimum Gasteiger partial charge on any atom is -0.337 e. The van der Waals surface area contributed by atoms with Gasteiger partial charge >= 0.3 is 0 Å². The molecule has 0 aromatic carbocycles. The zero-order valence-electron chi connectivity index (χ0n) is 8.61. The molecule has 0 amide bonds. The molecule has 1 rings (SSSR count). The largest absolute Gasteiger partial charge is 0.337 e. The zero-order valence-corrected chi connectivity index (χ0v) is 12.4. The maximum absolute atomic E-state index is 6.05. The molecule has 94 valence electrons. The second-order valence-electron chi connectivity index (χ2n) is 3.44. The summed E-state index contributed by atoms with van der Waals surface area (Å²) in [6, 6.07) is 0. The minimum absolute atomic E-state index is 0.351. The Hall–Kier alpha value is 0.720. The van der Waals surface area contributed by atoms with Crippen molar-refractivity contribution in [2.75, 3.05) is 13.2 Å². The topological polar surface area (TPSA) is 27.6 Å². The van der Waals surface area contributed by atoms with Gasteiger partial charge in [-0.15, -0.1) is 0 Å². The molecule has 0 spiro atoms. The van der Waals surface area contributed by atoms with Crippen LogP contribution < -0.4 is 5.43 Å². The Morgan fingerprint density at radius 3 is 2.44 bits per heavy atom. The van der Waals surface area contributed by atoms with E-state index in [9.17, 15) is 0 Å². The fourth-order valence-electron chi connectivity index (χ4n) is 1.27. The van der Waals surface area contributed by atoms with Gasteiger partial charge in [0.1, 0.15) is 6.67 Å². The van der Waals surface area contributed by atoms with Crippen molar-refractivity contribution in [1.82, 2.24) is 10.3 Å². The number of hydrazone groups is 1. The molecule has 0 unspecified atom stereocenters. The fourth-order valence-corrected chi connectivity index (χ4v) is 1.85. The van der Waals surface area contributed by atoms with E-state index in [1.807, 2.05) is 4.90 Å². The van der Waals surface area contributed by atoms with Crippen LogP contribution in [0.2, 0.25) is 0 Å². The Kier molecular flexibility index (Phi) is 5.15. The number of halogens is 5. The molecular weight excluding hydrogens is 315 g/mol. The number of unbranched alkanes of at least 4 members (excludes halogenated alkanes) is 1. The lowest BCUT2D eigenvalue weighted by atomic mass is 10.3. The van der Waals surface area contributed by atoms with Crippen molar-refractivity contribution in [2.24, 2.45) is 5.10 Å². The van der Waals surface area contributed by atoms with Gasteiger partial charge in [-0.1, -0.05) is 71.3 Å². The van der Waals surface area contributed by atoms with Crippen LogP contribution in [0.4, 0.5) is 0 Å². The Balaban J connectivity index is 2.78. The van der Waals surface area contributed by atoms with Crippen LogP contribution in [0.15, 0.2) is 5.10 Å². The van der Waals surface area contributed by atoms with Crippen LogP contribution in [-0.2, 0) is 0 Å². The summed E-state index contributed by atoms with van der Waals surface area (Å²) < 4.78 is -3.49. The van der Waals surface area contributed by atoms with E-state index in [0.717, 1.165) is 19.4 Å². The molecule has 3 nitrogen and oxygen atoms in total. The fraction of sp³-hybridized carbons (Fsp3) is 0.875. The van der Waals surface area contributed by atoms with Gasteiger partial charge in [0.25, 0.3) is 0 Å².